The molecule has 14 heteroatoms. The number of carboxylic acid groups (broad SMARTS) is 1. The molecule has 2 N–H and O–H groups in total. The summed E-state index contributed by atoms with van der Waals surface area (Å²) in [6, 6.07) is -0.946. The number of amides is 2. The minimum absolute atomic E-state index is 0.151. The summed E-state index contributed by atoms with van der Waals surface area (Å²) in [5.74, 6) is -2.91. The number of thioether (sulfide) groups is 1. The maximum Gasteiger partial charge on any atom is 0.352 e. The third-order valence-electron chi connectivity index (χ3n) is 4.44. The van der Waals surface area contributed by atoms with E-state index in [1.165, 1.54) is 25.6 Å². The number of carbonyl (C=O) groups is 4. The van der Waals surface area contributed by atoms with Gasteiger partial charge in [0.05, 0.1) is 4.92 Å². The Morgan fingerprint density at radius 2 is 2.17 bits per heavy atom. The van der Waals surface area contributed by atoms with Crippen LogP contribution in [0.4, 0.5) is 5.69 Å². The number of carbonyl (C=O) groups excluding carboxylic acids is 3. The van der Waals surface area contributed by atoms with Crippen LogP contribution in [0.1, 0.15) is 12.6 Å². The van der Waals surface area contributed by atoms with E-state index >= 15 is 0 Å². The van der Waals surface area contributed by atoms with Gasteiger partial charge in [-0.1, -0.05) is 0 Å². The lowest BCUT2D eigenvalue weighted by atomic mass is 10.0. The van der Waals surface area contributed by atoms with Gasteiger partial charge in [0.2, 0.25) is 5.91 Å². The van der Waals surface area contributed by atoms with Gasteiger partial charge in [0.25, 0.3) is 5.91 Å². The maximum absolute atomic E-state index is 12.5. The van der Waals surface area contributed by atoms with Crippen molar-refractivity contribution in [2.24, 2.45) is 0 Å². The molecule has 160 valence electrons. The predicted octanol–water partition coefficient (Wildman–Crippen LogP) is -0.599. The molecule has 0 bridgehead atoms. The Hall–Kier alpha value is -3.42. The van der Waals surface area contributed by atoms with E-state index in [0.717, 1.165) is 15.8 Å². The van der Waals surface area contributed by atoms with Crippen LogP contribution in [-0.4, -0.2) is 72.2 Å². The lowest BCUT2D eigenvalue weighted by molar-refractivity contribution is -0.385. The van der Waals surface area contributed by atoms with Crippen LogP contribution in [0.3, 0.4) is 0 Å². The summed E-state index contributed by atoms with van der Waals surface area (Å²) >= 11 is 1.23. The van der Waals surface area contributed by atoms with E-state index in [9.17, 15) is 34.4 Å². The number of carboxylic acids is 1. The molecule has 13 nitrogen and oxygen atoms in total. The van der Waals surface area contributed by atoms with Gasteiger partial charge in [-0.15, -0.1) is 11.8 Å². The highest BCUT2D eigenvalue weighted by molar-refractivity contribution is 8.00. The normalized spacial score (nSPS) is 20.3. The molecule has 2 atom stereocenters. The second-order valence-corrected chi connectivity index (χ2v) is 7.65. The van der Waals surface area contributed by atoms with E-state index in [1.807, 2.05) is 0 Å². The number of fused-ring (bicyclic) bond motifs is 1. The van der Waals surface area contributed by atoms with E-state index in [2.05, 4.69) is 10.4 Å². The Morgan fingerprint density at radius 3 is 2.73 bits per heavy atom. The zero-order valence-electron chi connectivity index (χ0n) is 15.9. The van der Waals surface area contributed by atoms with Crippen molar-refractivity contribution in [3.05, 3.63) is 33.3 Å². The van der Waals surface area contributed by atoms with Crippen molar-refractivity contribution >= 4 is 41.2 Å². The highest BCUT2D eigenvalue weighted by atomic mass is 32.2. The van der Waals surface area contributed by atoms with Gasteiger partial charge < -0.3 is 15.2 Å². The smallest absolute Gasteiger partial charge is 0.352 e. The number of esters is 1. The van der Waals surface area contributed by atoms with E-state index < -0.39 is 40.1 Å². The largest absolute Gasteiger partial charge is 0.477 e. The van der Waals surface area contributed by atoms with Crippen LogP contribution in [-0.2, 0) is 30.5 Å². The Balaban J connectivity index is 1.68. The fourth-order valence-electron chi connectivity index (χ4n) is 3.12. The molecule has 3 rings (SSSR count). The third-order valence-corrected chi connectivity index (χ3v) is 5.78. The standard InChI is InChI=1S/C16H17N5O8S/c1-7-10(21(27)28)3-19(18-7)4-11(23)17-12-14(24)20-13(16(25)26)9(5-29-8(2)22)6-30-15(12)20/h3,12,15H,4-6H2,1-2H3,(H,17,23)(H,25,26). The van der Waals surface area contributed by atoms with Crippen molar-refractivity contribution in [1.29, 1.82) is 0 Å². The fraction of sp³-hybridized carbons (Fsp3) is 0.438. The van der Waals surface area contributed by atoms with Gasteiger partial charge in [0.15, 0.2) is 0 Å². The number of aromatic nitrogens is 2. The number of β-lactam (4-membered cyclic amide) rings is 1. The van der Waals surface area contributed by atoms with Crippen LogP contribution in [0, 0.1) is 17.0 Å². The van der Waals surface area contributed by atoms with Crippen LogP contribution >= 0.6 is 11.8 Å². The quantitative estimate of drug-likeness (QED) is 0.242. The van der Waals surface area contributed by atoms with Crippen LogP contribution in [0.2, 0.25) is 0 Å². The van der Waals surface area contributed by atoms with Crippen molar-refractivity contribution in [2.45, 2.75) is 31.8 Å². The molecule has 3 heterocycles. The molecule has 2 amide bonds. The molecule has 0 aromatic carbocycles. The summed E-state index contributed by atoms with van der Waals surface area (Å²) < 4.78 is 5.95. The van der Waals surface area contributed by atoms with Gasteiger partial charge in [0, 0.05) is 18.2 Å². The van der Waals surface area contributed by atoms with Crippen molar-refractivity contribution in [1.82, 2.24) is 20.0 Å². The third kappa shape index (κ3) is 3.98. The number of hydrogen-bond donors (Lipinski definition) is 2. The van der Waals surface area contributed by atoms with E-state index in [1.54, 1.807) is 0 Å². The first kappa shape index (κ1) is 21.3. The van der Waals surface area contributed by atoms with Gasteiger partial charge in [-0.05, 0) is 6.92 Å². The van der Waals surface area contributed by atoms with Crippen molar-refractivity contribution in [2.75, 3.05) is 12.4 Å². The van der Waals surface area contributed by atoms with Crippen LogP contribution < -0.4 is 5.32 Å². The van der Waals surface area contributed by atoms with Crippen molar-refractivity contribution < 1.29 is 33.9 Å². The monoisotopic (exact) mass is 439 g/mol. The van der Waals surface area contributed by atoms with E-state index in [-0.39, 0.29) is 41.6 Å². The Kier molecular flexibility index (Phi) is 5.78. The van der Waals surface area contributed by atoms with Crippen LogP contribution in [0.5, 0.6) is 0 Å². The second-order valence-electron chi connectivity index (χ2n) is 6.55. The predicted molar refractivity (Wildman–Crippen MR) is 99.9 cm³/mol. The number of nitrogens with one attached hydrogen (secondary N) is 1. The maximum atomic E-state index is 12.5. The first-order chi connectivity index (χ1) is 14.1. The minimum Gasteiger partial charge on any atom is -0.477 e. The molecule has 2 unspecified atom stereocenters. The highest BCUT2D eigenvalue weighted by Gasteiger charge is 2.54. The van der Waals surface area contributed by atoms with E-state index in [4.69, 9.17) is 4.74 Å². The number of rotatable bonds is 7. The van der Waals surface area contributed by atoms with Gasteiger partial charge in [-0.3, -0.25) is 34.1 Å². The number of ether oxygens (including phenoxy) is 1. The molecular formula is C16H17N5O8S. The summed E-state index contributed by atoms with van der Waals surface area (Å²) in [5, 5.41) is 26.1. The Labute approximate surface area is 173 Å². The van der Waals surface area contributed by atoms with Crippen molar-refractivity contribution in [3.63, 3.8) is 0 Å². The summed E-state index contributed by atoms with van der Waals surface area (Å²) in [7, 11) is 0. The molecular weight excluding hydrogens is 422 g/mol. The number of hydrogen-bond acceptors (Lipinski definition) is 9. The summed E-state index contributed by atoms with van der Waals surface area (Å²) in [4.78, 5) is 58.7. The molecule has 0 radical (unpaired) electrons. The molecule has 1 fully saturated rings. The van der Waals surface area contributed by atoms with Crippen LogP contribution in [0.15, 0.2) is 17.5 Å². The fourth-order valence-corrected chi connectivity index (χ4v) is 4.44. The molecule has 0 aliphatic carbocycles. The Bertz CT molecular complexity index is 986. The summed E-state index contributed by atoms with van der Waals surface area (Å²) in [6.45, 7) is 2.05. The first-order valence-electron chi connectivity index (χ1n) is 8.61. The van der Waals surface area contributed by atoms with Crippen molar-refractivity contribution in [3.8, 4) is 0 Å². The average molecular weight is 439 g/mol. The molecule has 2 aliphatic rings. The average Bonchev–Trinajstić information content (AvgIpc) is 3.03. The molecule has 1 saturated heterocycles. The molecule has 0 saturated carbocycles. The lowest BCUT2D eigenvalue weighted by Crippen LogP contribution is -2.70. The number of nitro groups is 1. The molecule has 2 aliphatic heterocycles. The Morgan fingerprint density at radius 1 is 1.47 bits per heavy atom. The second kappa shape index (κ2) is 8.14. The van der Waals surface area contributed by atoms with Gasteiger partial charge >= 0.3 is 17.6 Å². The number of nitrogens with zero attached hydrogens (tertiary/aromatic N) is 4. The number of aliphatic carboxylic acids is 1. The molecule has 30 heavy (non-hydrogen) atoms. The summed E-state index contributed by atoms with van der Waals surface area (Å²) in [5.41, 5.74) is -0.0450. The lowest BCUT2D eigenvalue weighted by Gasteiger charge is -2.49. The zero-order chi connectivity index (χ0) is 22.2. The minimum atomic E-state index is -1.33. The number of aryl methyl sites for hydroxylation is 1. The SMILES string of the molecule is CC(=O)OCC1=C(C(=O)O)N2C(=O)C(NC(=O)Cn3cc([N+](=O)[O-])c(C)n3)C2SC1. The van der Waals surface area contributed by atoms with Gasteiger partial charge in [-0.25, -0.2) is 4.79 Å². The van der Waals surface area contributed by atoms with E-state index in [0.29, 0.717) is 0 Å². The molecule has 1 aromatic heterocycles. The molecule has 0 spiro atoms. The topological polar surface area (TPSA) is 174 Å². The summed E-state index contributed by atoms with van der Waals surface area (Å²) in [6.07, 6.45) is 1.12. The van der Waals surface area contributed by atoms with Gasteiger partial charge in [-0.2, -0.15) is 5.10 Å². The van der Waals surface area contributed by atoms with Crippen LogP contribution in [0.25, 0.3) is 0 Å². The zero-order valence-corrected chi connectivity index (χ0v) is 16.7. The highest BCUT2D eigenvalue weighted by Crippen LogP contribution is 2.40. The van der Waals surface area contributed by atoms with Gasteiger partial charge in [0.1, 0.15) is 42.2 Å². The molecule has 1 aromatic rings. The first-order valence-corrected chi connectivity index (χ1v) is 9.66.